The number of hydrogen-bond donors (Lipinski definition) is 4. The summed E-state index contributed by atoms with van der Waals surface area (Å²) >= 11 is 12.4. The van der Waals surface area contributed by atoms with E-state index in [0.29, 0.717) is 11.1 Å². The number of aliphatic hydroxyl groups is 3. The van der Waals surface area contributed by atoms with Crippen molar-refractivity contribution in [2.24, 2.45) is 0 Å². The highest BCUT2D eigenvalue weighted by Crippen LogP contribution is 2.39. The Kier molecular flexibility index (Phi) is 5.34. The van der Waals surface area contributed by atoms with Crippen LogP contribution in [0.15, 0.2) is 33.0 Å². The van der Waals surface area contributed by atoms with Crippen molar-refractivity contribution in [1.29, 1.82) is 0 Å². The molecule has 10 heteroatoms. The minimum absolute atomic E-state index is 0.0177. The average Bonchev–Trinajstić information content (AvgIpc) is 3.04. The molecule has 30 heavy (non-hydrogen) atoms. The highest BCUT2D eigenvalue weighted by atomic mass is 35.5. The van der Waals surface area contributed by atoms with Gasteiger partial charge in [0, 0.05) is 7.11 Å². The molecule has 0 radical (unpaired) electrons. The minimum Gasteiger partial charge on any atom is -0.505 e. The molecule has 0 amide bonds. The molecule has 3 aromatic rings. The van der Waals surface area contributed by atoms with Gasteiger partial charge in [-0.15, -0.1) is 0 Å². The Morgan fingerprint density at radius 3 is 2.57 bits per heavy atom. The summed E-state index contributed by atoms with van der Waals surface area (Å²) in [5.41, 5.74) is 0.496. The van der Waals surface area contributed by atoms with Crippen LogP contribution in [0, 0.1) is 6.92 Å². The lowest BCUT2D eigenvalue weighted by molar-refractivity contribution is -0.0827. The standard InChI is InChI=1S/C20H19Cl2NO7/c1-7-3-10(21)15(26)13-14(25)9-5-12(22)23(20(9)30-18(7)13)11-4-8(6-24)19(29-2)17(28)16(11)27/h3-5,11,16-17,19,24,26-28H,6H2,1-2H3/t11-,16+,17-,19-/m1/s1. The number of nitrogens with zero attached hydrogens (tertiary/aromatic N) is 1. The molecule has 160 valence electrons. The van der Waals surface area contributed by atoms with Crippen molar-refractivity contribution < 1.29 is 29.6 Å². The van der Waals surface area contributed by atoms with Gasteiger partial charge in [0.2, 0.25) is 11.1 Å². The van der Waals surface area contributed by atoms with E-state index in [2.05, 4.69) is 0 Å². The summed E-state index contributed by atoms with van der Waals surface area (Å²) in [5.74, 6) is -0.393. The topological polar surface area (TPSA) is 125 Å². The maximum Gasteiger partial charge on any atom is 0.213 e. The molecule has 4 N–H and O–H groups in total. The van der Waals surface area contributed by atoms with E-state index in [1.807, 2.05) is 0 Å². The highest BCUT2D eigenvalue weighted by Gasteiger charge is 2.40. The predicted octanol–water partition coefficient (Wildman–Crippen LogP) is 2.28. The third-order valence-corrected chi connectivity index (χ3v) is 6.08. The Hall–Kier alpha value is -2.07. The van der Waals surface area contributed by atoms with E-state index in [1.54, 1.807) is 6.92 Å². The van der Waals surface area contributed by atoms with Crippen LogP contribution in [0.5, 0.6) is 5.75 Å². The molecule has 8 nitrogen and oxygen atoms in total. The Balaban J connectivity index is 2.05. The number of hydrogen-bond acceptors (Lipinski definition) is 7. The van der Waals surface area contributed by atoms with Crippen LogP contribution in [0.25, 0.3) is 22.1 Å². The van der Waals surface area contributed by atoms with Gasteiger partial charge < -0.3 is 29.6 Å². The monoisotopic (exact) mass is 455 g/mol. The number of aliphatic hydroxyl groups excluding tert-OH is 3. The normalized spacial score (nSPS) is 24.6. The van der Waals surface area contributed by atoms with Crippen molar-refractivity contribution in [3.63, 3.8) is 0 Å². The van der Waals surface area contributed by atoms with Crippen molar-refractivity contribution in [2.45, 2.75) is 31.3 Å². The highest BCUT2D eigenvalue weighted by molar-refractivity contribution is 6.33. The number of aryl methyl sites for hydroxylation is 1. The Morgan fingerprint density at radius 1 is 1.23 bits per heavy atom. The van der Waals surface area contributed by atoms with Gasteiger partial charge in [-0.25, -0.2) is 0 Å². The second-order valence-electron chi connectivity index (χ2n) is 7.24. The van der Waals surface area contributed by atoms with Crippen molar-refractivity contribution in [3.05, 3.63) is 49.7 Å². The number of aromatic nitrogens is 1. The van der Waals surface area contributed by atoms with Gasteiger partial charge in [-0.1, -0.05) is 29.3 Å². The smallest absolute Gasteiger partial charge is 0.213 e. The number of phenols is 1. The molecule has 0 bridgehead atoms. The predicted molar refractivity (Wildman–Crippen MR) is 111 cm³/mol. The molecule has 1 aliphatic carbocycles. The van der Waals surface area contributed by atoms with Crippen molar-refractivity contribution in [3.8, 4) is 5.75 Å². The minimum atomic E-state index is -1.36. The SMILES string of the molecule is CO[C@@H]1C(CO)=C[C@@H](n2c(Cl)cc3c(=O)c4c(O)c(Cl)cc(C)c4oc32)[C@H](O)[C@H]1O. The van der Waals surface area contributed by atoms with Crippen molar-refractivity contribution >= 4 is 45.3 Å². The first kappa shape index (κ1) is 21.2. The summed E-state index contributed by atoms with van der Waals surface area (Å²) in [5, 5.41) is 41.2. The molecule has 0 spiro atoms. The van der Waals surface area contributed by atoms with E-state index >= 15 is 0 Å². The third kappa shape index (κ3) is 2.95. The zero-order valence-corrected chi connectivity index (χ0v) is 17.5. The number of aromatic hydroxyl groups is 1. The molecule has 2 aromatic heterocycles. The van der Waals surface area contributed by atoms with Gasteiger partial charge in [0.15, 0.2) is 0 Å². The maximum absolute atomic E-state index is 13.1. The Morgan fingerprint density at radius 2 is 1.93 bits per heavy atom. The van der Waals surface area contributed by atoms with Crippen LogP contribution in [0.1, 0.15) is 11.6 Å². The van der Waals surface area contributed by atoms with Crippen LogP contribution in [-0.4, -0.2) is 57.0 Å². The Bertz CT molecular complexity index is 1250. The molecule has 0 unspecified atom stereocenters. The summed E-state index contributed by atoms with van der Waals surface area (Å²) in [4.78, 5) is 13.1. The van der Waals surface area contributed by atoms with Crippen LogP contribution in [-0.2, 0) is 4.74 Å². The van der Waals surface area contributed by atoms with E-state index in [-0.39, 0.29) is 32.2 Å². The molecule has 1 aliphatic rings. The van der Waals surface area contributed by atoms with Crippen molar-refractivity contribution in [2.75, 3.05) is 13.7 Å². The fourth-order valence-corrected chi connectivity index (χ4v) is 4.57. The molecule has 0 saturated carbocycles. The van der Waals surface area contributed by atoms with E-state index in [1.165, 1.54) is 29.9 Å². The molecule has 0 fully saturated rings. The second kappa shape index (κ2) is 7.56. The van der Waals surface area contributed by atoms with Crippen LogP contribution >= 0.6 is 23.2 Å². The van der Waals surface area contributed by atoms with E-state index in [9.17, 15) is 25.2 Å². The number of benzene rings is 1. The zero-order valence-electron chi connectivity index (χ0n) is 16.0. The quantitative estimate of drug-likeness (QED) is 0.446. The van der Waals surface area contributed by atoms with Crippen LogP contribution < -0.4 is 5.43 Å². The summed E-state index contributed by atoms with van der Waals surface area (Å²) in [6.07, 6.45) is -2.08. The third-order valence-electron chi connectivity index (χ3n) is 5.50. The summed E-state index contributed by atoms with van der Waals surface area (Å²) < 4.78 is 12.5. The lowest BCUT2D eigenvalue weighted by atomic mass is 9.88. The van der Waals surface area contributed by atoms with E-state index in [0.717, 1.165) is 0 Å². The van der Waals surface area contributed by atoms with Gasteiger partial charge in [-0.05, 0) is 30.2 Å². The molecular weight excluding hydrogens is 437 g/mol. The first-order valence-corrected chi connectivity index (χ1v) is 9.82. The number of rotatable bonds is 3. The van der Waals surface area contributed by atoms with Gasteiger partial charge in [0.25, 0.3) is 0 Å². The number of ether oxygens (including phenoxy) is 1. The Labute approximate surface area is 180 Å². The summed E-state index contributed by atoms with van der Waals surface area (Å²) in [6, 6.07) is 1.88. The van der Waals surface area contributed by atoms with Gasteiger partial charge in [-0.3, -0.25) is 9.36 Å². The first-order chi connectivity index (χ1) is 14.2. The second-order valence-corrected chi connectivity index (χ2v) is 8.04. The zero-order chi connectivity index (χ0) is 21.9. The number of fused-ring (bicyclic) bond motifs is 2. The largest absolute Gasteiger partial charge is 0.505 e. The van der Waals surface area contributed by atoms with Gasteiger partial charge in [-0.2, -0.15) is 0 Å². The number of methoxy groups -OCH3 is 1. The van der Waals surface area contributed by atoms with E-state index < -0.39 is 42.1 Å². The van der Waals surface area contributed by atoms with Gasteiger partial charge in [0.1, 0.15) is 40.2 Å². The molecule has 1 aromatic carbocycles. The van der Waals surface area contributed by atoms with Crippen molar-refractivity contribution in [1.82, 2.24) is 4.57 Å². The number of phenolic OH excluding ortho intramolecular Hbond substituents is 1. The lowest BCUT2D eigenvalue weighted by Gasteiger charge is -2.36. The fourth-order valence-electron chi connectivity index (χ4n) is 4.02. The average molecular weight is 456 g/mol. The molecule has 2 heterocycles. The van der Waals surface area contributed by atoms with Crippen LogP contribution in [0.4, 0.5) is 0 Å². The molecule has 4 atom stereocenters. The molecular formula is C20H19Cl2NO7. The maximum atomic E-state index is 13.1. The van der Waals surface area contributed by atoms with Crippen LogP contribution in [0.2, 0.25) is 10.2 Å². The van der Waals surface area contributed by atoms with Gasteiger partial charge in [0.05, 0.1) is 23.1 Å². The molecule has 0 saturated heterocycles. The van der Waals surface area contributed by atoms with E-state index in [4.69, 9.17) is 32.4 Å². The lowest BCUT2D eigenvalue weighted by Crippen LogP contribution is -2.48. The summed E-state index contributed by atoms with van der Waals surface area (Å²) in [7, 11) is 1.36. The number of halogens is 2. The molecule has 4 rings (SSSR count). The fraction of sp³-hybridized carbons (Fsp3) is 0.350. The molecule has 0 aliphatic heterocycles. The van der Waals surface area contributed by atoms with Gasteiger partial charge >= 0.3 is 0 Å². The first-order valence-electron chi connectivity index (χ1n) is 9.06. The summed E-state index contributed by atoms with van der Waals surface area (Å²) in [6.45, 7) is 1.26. The van der Waals surface area contributed by atoms with Crippen LogP contribution in [0.3, 0.4) is 0 Å².